The van der Waals surface area contributed by atoms with Crippen molar-refractivity contribution in [1.82, 2.24) is 9.97 Å². The number of rotatable bonds is 8. The molecule has 144 valence electrons. The van der Waals surface area contributed by atoms with Gasteiger partial charge in [-0.05, 0) is 30.5 Å². The van der Waals surface area contributed by atoms with Crippen LogP contribution in [0.15, 0.2) is 65.6 Å². The Hall–Kier alpha value is -3.12. The zero-order valence-corrected chi connectivity index (χ0v) is 15.6. The van der Waals surface area contributed by atoms with E-state index in [4.69, 9.17) is 9.47 Å². The second-order valence-corrected chi connectivity index (χ2v) is 6.79. The van der Waals surface area contributed by atoms with Crippen LogP contribution in [0.2, 0.25) is 0 Å². The van der Waals surface area contributed by atoms with E-state index in [-0.39, 0.29) is 11.7 Å². The predicted molar refractivity (Wildman–Crippen MR) is 109 cm³/mol. The summed E-state index contributed by atoms with van der Waals surface area (Å²) in [6.07, 6.45) is 3.62. The summed E-state index contributed by atoms with van der Waals surface area (Å²) in [4.78, 5) is 19.4. The summed E-state index contributed by atoms with van der Waals surface area (Å²) in [5.74, 6) is 1.46. The first-order valence-electron chi connectivity index (χ1n) is 9.50. The lowest BCUT2D eigenvalue weighted by Gasteiger charge is -2.26. The molecular formula is C22H23N3O3. The zero-order valence-electron chi connectivity index (χ0n) is 15.6. The molecular weight excluding hydrogens is 354 g/mol. The van der Waals surface area contributed by atoms with Crippen molar-refractivity contribution in [1.29, 1.82) is 0 Å². The monoisotopic (exact) mass is 377 g/mol. The number of nitrogens with zero attached hydrogens (tertiary/aromatic N) is 1. The van der Waals surface area contributed by atoms with Gasteiger partial charge in [0.25, 0.3) is 5.56 Å². The Balaban J connectivity index is 1.25. The smallest absolute Gasteiger partial charge is 0.274 e. The SMILES string of the molecule is O=c1[nH]c(-c2ccccc2)ncc1NCCCc1ccc(OC2COC2)cc1. The number of aromatic nitrogens is 2. The number of anilines is 1. The summed E-state index contributed by atoms with van der Waals surface area (Å²) >= 11 is 0. The van der Waals surface area contributed by atoms with Gasteiger partial charge in [-0.1, -0.05) is 42.5 Å². The van der Waals surface area contributed by atoms with Crippen LogP contribution in [0.4, 0.5) is 5.69 Å². The summed E-state index contributed by atoms with van der Waals surface area (Å²) in [6, 6.07) is 17.8. The summed E-state index contributed by atoms with van der Waals surface area (Å²) < 4.78 is 10.9. The number of aromatic amines is 1. The number of hydrogen-bond donors (Lipinski definition) is 2. The molecule has 2 heterocycles. The van der Waals surface area contributed by atoms with Crippen LogP contribution >= 0.6 is 0 Å². The maximum absolute atomic E-state index is 12.3. The van der Waals surface area contributed by atoms with Gasteiger partial charge in [0.15, 0.2) is 0 Å². The van der Waals surface area contributed by atoms with Crippen LogP contribution in [-0.4, -0.2) is 35.8 Å². The Bertz CT molecular complexity index is 951. The summed E-state index contributed by atoms with van der Waals surface area (Å²) in [7, 11) is 0. The Morgan fingerprint density at radius 1 is 1.11 bits per heavy atom. The number of nitrogens with one attached hydrogen (secondary N) is 2. The third-order valence-corrected chi connectivity index (χ3v) is 4.64. The minimum absolute atomic E-state index is 0.157. The standard InChI is InChI=1S/C22H23N3O3/c26-22-20(13-24-21(25-22)17-6-2-1-3-7-17)23-12-4-5-16-8-10-18(11-9-16)28-19-14-27-15-19/h1-3,6-11,13,19,23H,4-5,12,14-15H2,(H,24,25,26). The molecule has 0 aliphatic carbocycles. The molecule has 1 aliphatic heterocycles. The van der Waals surface area contributed by atoms with E-state index in [1.54, 1.807) is 6.20 Å². The number of H-pyrrole nitrogens is 1. The fraction of sp³-hybridized carbons (Fsp3) is 0.273. The Kier molecular flexibility index (Phi) is 5.68. The van der Waals surface area contributed by atoms with Crippen LogP contribution in [0.3, 0.4) is 0 Å². The van der Waals surface area contributed by atoms with Crippen molar-refractivity contribution >= 4 is 5.69 Å². The van der Waals surface area contributed by atoms with E-state index in [9.17, 15) is 4.79 Å². The first kappa shape index (κ1) is 18.3. The van der Waals surface area contributed by atoms with E-state index >= 15 is 0 Å². The molecule has 2 aromatic carbocycles. The van der Waals surface area contributed by atoms with Crippen molar-refractivity contribution in [3.05, 3.63) is 76.7 Å². The van der Waals surface area contributed by atoms with Gasteiger partial charge in [-0.3, -0.25) is 4.79 Å². The second-order valence-electron chi connectivity index (χ2n) is 6.79. The van der Waals surface area contributed by atoms with Gasteiger partial charge in [0.05, 0.1) is 19.4 Å². The van der Waals surface area contributed by atoms with Gasteiger partial charge in [0.1, 0.15) is 23.4 Å². The zero-order chi connectivity index (χ0) is 19.2. The molecule has 0 atom stereocenters. The van der Waals surface area contributed by atoms with Crippen LogP contribution in [0, 0.1) is 0 Å². The molecule has 6 heteroatoms. The minimum atomic E-state index is -0.157. The van der Waals surface area contributed by atoms with Gasteiger partial charge >= 0.3 is 0 Å². The molecule has 28 heavy (non-hydrogen) atoms. The van der Waals surface area contributed by atoms with Crippen molar-refractivity contribution in [2.24, 2.45) is 0 Å². The van der Waals surface area contributed by atoms with Gasteiger partial charge in [-0.2, -0.15) is 0 Å². The van der Waals surface area contributed by atoms with Crippen molar-refractivity contribution < 1.29 is 9.47 Å². The third-order valence-electron chi connectivity index (χ3n) is 4.64. The van der Waals surface area contributed by atoms with E-state index in [1.807, 2.05) is 42.5 Å². The first-order chi connectivity index (χ1) is 13.8. The van der Waals surface area contributed by atoms with E-state index in [0.29, 0.717) is 31.3 Å². The highest BCUT2D eigenvalue weighted by Gasteiger charge is 2.19. The molecule has 0 saturated carbocycles. The van der Waals surface area contributed by atoms with Crippen molar-refractivity contribution in [3.63, 3.8) is 0 Å². The number of benzene rings is 2. The molecule has 2 N–H and O–H groups in total. The highest BCUT2D eigenvalue weighted by Crippen LogP contribution is 2.17. The molecule has 1 fully saturated rings. The lowest BCUT2D eigenvalue weighted by atomic mass is 10.1. The van der Waals surface area contributed by atoms with Gasteiger partial charge in [-0.25, -0.2) is 4.98 Å². The maximum Gasteiger partial charge on any atom is 0.274 e. The quantitative estimate of drug-likeness (QED) is 0.589. The average molecular weight is 377 g/mol. The van der Waals surface area contributed by atoms with E-state index in [2.05, 4.69) is 27.4 Å². The van der Waals surface area contributed by atoms with Crippen LogP contribution in [0.5, 0.6) is 5.75 Å². The van der Waals surface area contributed by atoms with E-state index < -0.39 is 0 Å². The summed E-state index contributed by atoms with van der Waals surface area (Å²) in [5.41, 5.74) is 2.47. The second kappa shape index (κ2) is 8.71. The largest absolute Gasteiger partial charge is 0.486 e. The van der Waals surface area contributed by atoms with Crippen molar-refractivity contribution in [3.8, 4) is 17.1 Å². The molecule has 6 nitrogen and oxygen atoms in total. The van der Waals surface area contributed by atoms with Crippen LogP contribution < -0.4 is 15.6 Å². The van der Waals surface area contributed by atoms with Crippen LogP contribution in [0.1, 0.15) is 12.0 Å². The molecule has 0 unspecified atom stereocenters. The molecule has 4 rings (SSSR count). The Morgan fingerprint density at radius 3 is 2.57 bits per heavy atom. The topological polar surface area (TPSA) is 76.2 Å². The fourth-order valence-electron chi connectivity index (χ4n) is 2.99. The van der Waals surface area contributed by atoms with Gasteiger partial charge in [-0.15, -0.1) is 0 Å². The number of aryl methyl sites for hydroxylation is 1. The maximum atomic E-state index is 12.3. The Morgan fingerprint density at radius 2 is 1.89 bits per heavy atom. The molecule has 0 radical (unpaired) electrons. The highest BCUT2D eigenvalue weighted by atomic mass is 16.6. The first-order valence-corrected chi connectivity index (χ1v) is 9.50. The molecule has 1 saturated heterocycles. The molecule has 0 bridgehead atoms. The fourth-order valence-corrected chi connectivity index (χ4v) is 2.99. The molecule has 1 aromatic heterocycles. The van der Waals surface area contributed by atoms with Crippen molar-refractivity contribution in [2.75, 3.05) is 25.1 Å². The van der Waals surface area contributed by atoms with Crippen molar-refractivity contribution in [2.45, 2.75) is 18.9 Å². The average Bonchev–Trinajstić information content (AvgIpc) is 2.70. The molecule has 1 aliphatic rings. The highest BCUT2D eigenvalue weighted by molar-refractivity contribution is 5.55. The number of hydrogen-bond acceptors (Lipinski definition) is 5. The normalized spacial score (nSPS) is 13.7. The Labute approximate surface area is 163 Å². The molecule has 0 amide bonds. The van der Waals surface area contributed by atoms with Crippen LogP contribution in [-0.2, 0) is 11.2 Å². The lowest BCUT2D eigenvalue weighted by molar-refractivity contribution is -0.0796. The summed E-state index contributed by atoms with van der Waals surface area (Å²) in [6.45, 7) is 2.05. The van der Waals surface area contributed by atoms with Gasteiger partial charge in [0.2, 0.25) is 0 Å². The van der Waals surface area contributed by atoms with Crippen LogP contribution in [0.25, 0.3) is 11.4 Å². The lowest BCUT2D eigenvalue weighted by Crippen LogP contribution is -2.38. The van der Waals surface area contributed by atoms with Gasteiger partial charge in [0, 0.05) is 12.1 Å². The molecule has 3 aromatic rings. The van der Waals surface area contributed by atoms with E-state index in [1.165, 1.54) is 5.56 Å². The third kappa shape index (κ3) is 4.58. The number of ether oxygens (including phenoxy) is 2. The van der Waals surface area contributed by atoms with Gasteiger partial charge < -0.3 is 19.8 Å². The molecule has 0 spiro atoms. The predicted octanol–water partition coefficient (Wildman–Crippen LogP) is 3.26. The minimum Gasteiger partial charge on any atom is -0.486 e. The summed E-state index contributed by atoms with van der Waals surface area (Å²) in [5, 5.41) is 3.17. The van der Waals surface area contributed by atoms with E-state index in [0.717, 1.165) is 24.2 Å².